The van der Waals surface area contributed by atoms with Gasteiger partial charge in [-0.1, -0.05) is 13.8 Å². The predicted molar refractivity (Wildman–Crippen MR) is 41.6 cm³/mol. The average molecular weight is 144 g/mol. The van der Waals surface area contributed by atoms with Crippen molar-refractivity contribution in [1.82, 2.24) is 5.32 Å². The Balaban J connectivity index is 3.43. The van der Waals surface area contributed by atoms with Gasteiger partial charge in [-0.25, -0.2) is 4.79 Å². The van der Waals surface area contributed by atoms with Crippen LogP contribution in [0.15, 0.2) is 0 Å². The third-order valence-electron chi connectivity index (χ3n) is 1.21. The smallest absolute Gasteiger partial charge is 0.312 e. The van der Waals surface area contributed by atoms with Gasteiger partial charge in [-0.3, -0.25) is 0 Å². The lowest BCUT2D eigenvalue weighted by atomic mass is 10.1. The van der Waals surface area contributed by atoms with Crippen molar-refractivity contribution < 1.29 is 4.79 Å². The van der Waals surface area contributed by atoms with Crippen LogP contribution in [0.3, 0.4) is 0 Å². The molecule has 2 amide bonds. The number of amides is 2. The highest BCUT2D eigenvalue weighted by Crippen LogP contribution is 2.02. The molecular formula is C7H16N2O. The van der Waals surface area contributed by atoms with E-state index in [0.29, 0.717) is 5.92 Å². The van der Waals surface area contributed by atoms with Crippen LogP contribution in [0.5, 0.6) is 0 Å². The molecule has 0 spiro atoms. The standard InChI is InChI=1S/C7H16N2O/c1-5(2)4-6(3)9-7(8)10/h5-6H,4H2,1-3H3,(H3,8,9,10)/t6-/m1/s1. The van der Waals surface area contributed by atoms with Crippen LogP contribution >= 0.6 is 0 Å². The van der Waals surface area contributed by atoms with Gasteiger partial charge in [0.2, 0.25) is 0 Å². The van der Waals surface area contributed by atoms with Crippen LogP contribution in [0, 0.1) is 5.92 Å². The number of hydrogen-bond donors (Lipinski definition) is 2. The zero-order valence-corrected chi connectivity index (χ0v) is 6.85. The molecule has 0 rings (SSSR count). The molecule has 0 saturated heterocycles. The third-order valence-corrected chi connectivity index (χ3v) is 1.21. The maximum absolute atomic E-state index is 10.3. The van der Waals surface area contributed by atoms with Gasteiger partial charge < -0.3 is 11.1 Å². The summed E-state index contributed by atoms with van der Waals surface area (Å²) in [5.41, 5.74) is 4.92. The normalized spacial score (nSPS) is 13.2. The number of primary amides is 1. The Bertz CT molecular complexity index is 112. The van der Waals surface area contributed by atoms with E-state index < -0.39 is 6.03 Å². The quantitative estimate of drug-likeness (QED) is 0.612. The Hall–Kier alpha value is -0.730. The summed E-state index contributed by atoms with van der Waals surface area (Å²) in [6.45, 7) is 6.17. The number of nitrogens with one attached hydrogen (secondary N) is 1. The highest BCUT2D eigenvalue weighted by molar-refractivity contribution is 5.71. The molecule has 0 saturated carbocycles. The largest absolute Gasteiger partial charge is 0.352 e. The first-order chi connectivity index (χ1) is 4.52. The van der Waals surface area contributed by atoms with E-state index in [-0.39, 0.29) is 6.04 Å². The second-order valence-electron chi connectivity index (χ2n) is 3.04. The van der Waals surface area contributed by atoms with Gasteiger partial charge in [0.15, 0.2) is 0 Å². The Morgan fingerprint density at radius 1 is 1.50 bits per heavy atom. The molecule has 0 aromatic carbocycles. The fourth-order valence-corrected chi connectivity index (χ4v) is 1.01. The van der Waals surface area contributed by atoms with Crippen molar-refractivity contribution in [2.24, 2.45) is 11.7 Å². The Labute approximate surface area is 62.0 Å². The summed E-state index contributed by atoms with van der Waals surface area (Å²) in [7, 11) is 0. The highest BCUT2D eigenvalue weighted by Gasteiger charge is 2.04. The minimum Gasteiger partial charge on any atom is -0.352 e. The molecule has 0 radical (unpaired) electrons. The topological polar surface area (TPSA) is 55.1 Å². The van der Waals surface area contributed by atoms with Crippen LogP contribution in [0.25, 0.3) is 0 Å². The van der Waals surface area contributed by atoms with Crippen LogP contribution in [0.4, 0.5) is 4.79 Å². The zero-order valence-electron chi connectivity index (χ0n) is 6.85. The number of urea groups is 1. The Kier molecular flexibility index (Phi) is 3.84. The lowest BCUT2D eigenvalue weighted by Crippen LogP contribution is -2.37. The van der Waals surface area contributed by atoms with Crippen LogP contribution in [0.1, 0.15) is 27.2 Å². The van der Waals surface area contributed by atoms with Gasteiger partial charge in [0, 0.05) is 6.04 Å². The molecule has 0 bridgehead atoms. The van der Waals surface area contributed by atoms with Crippen molar-refractivity contribution in [2.75, 3.05) is 0 Å². The molecule has 10 heavy (non-hydrogen) atoms. The summed E-state index contributed by atoms with van der Waals surface area (Å²) in [6.07, 6.45) is 0.975. The fourth-order valence-electron chi connectivity index (χ4n) is 1.01. The second-order valence-corrected chi connectivity index (χ2v) is 3.04. The van der Waals surface area contributed by atoms with E-state index in [4.69, 9.17) is 5.73 Å². The number of carbonyl (C=O) groups excluding carboxylic acids is 1. The third kappa shape index (κ3) is 5.41. The van der Waals surface area contributed by atoms with E-state index in [1.807, 2.05) is 6.92 Å². The number of carbonyl (C=O) groups is 1. The molecule has 0 fully saturated rings. The van der Waals surface area contributed by atoms with Crippen molar-refractivity contribution in [3.8, 4) is 0 Å². The van der Waals surface area contributed by atoms with Gasteiger partial charge in [-0.2, -0.15) is 0 Å². The van der Waals surface area contributed by atoms with E-state index in [1.54, 1.807) is 0 Å². The summed E-state index contributed by atoms with van der Waals surface area (Å²) in [4.78, 5) is 10.3. The maximum atomic E-state index is 10.3. The predicted octanol–water partition coefficient (Wildman–Crippen LogP) is 1.09. The van der Waals surface area contributed by atoms with E-state index in [0.717, 1.165) is 6.42 Å². The molecule has 0 aliphatic carbocycles. The first-order valence-electron chi connectivity index (χ1n) is 3.58. The van der Waals surface area contributed by atoms with Crippen molar-refractivity contribution >= 4 is 6.03 Å². The fraction of sp³-hybridized carbons (Fsp3) is 0.857. The van der Waals surface area contributed by atoms with Crippen molar-refractivity contribution in [3.63, 3.8) is 0 Å². The van der Waals surface area contributed by atoms with Crippen molar-refractivity contribution in [1.29, 1.82) is 0 Å². The van der Waals surface area contributed by atoms with E-state index in [1.165, 1.54) is 0 Å². The molecule has 0 aromatic rings. The minimum absolute atomic E-state index is 0.192. The van der Waals surface area contributed by atoms with Gasteiger partial charge in [0.05, 0.1) is 0 Å². The molecular weight excluding hydrogens is 128 g/mol. The molecule has 0 unspecified atom stereocenters. The SMILES string of the molecule is CC(C)C[C@@H](C)NC(N)=O. The van der Waals surface area contributed by atoms with Crippen molar-refractivity contribution in [2.45, 2.75) is 33.2 Å². The maximum Gasteiger partial charge on any atom is 0.312 e. The average Bonchev–Trinajstić information content (AvgIpc) is 1.58. The summed E-state index contributed by atoms with van der Waals surface area (Å²) >= 11 is 0. The molecule has 60 valence electrons. The molecule has 0 aliphatic rings. The first kappa shape index (κ1) is 9.27. The summed E-state index contributed by atoms with van der Waals surface area (Å²) in [6, 6.07) is -0.245. The van der Waals surface area contributed by atoms with Crippen molar-refractivity contribution in [3.05, 3.63) is 0 Å². The monoisotopic (exact) mass is 144 g/mol. The van der Waals surface area contributed by atoms with Gasteiger partial charge in [-0.15, -0.1) is 0 Å². The molecule has 0 heterocycles. The van der Waals surface area contributed by atoms with Crippen LogP contribution in [-0.2, 0) is 0 Å². The second kappa shape index (κ2) is 4.14. The summed E-state index contributed by atoms with van der Waals surface area (Å²) in [5.74, 6) is 0.599. The molecule has 3 nitrogen and oxygen atoms in total. The molecule has 3 N–H and O–H groups in total. The van der Waals surface area contributed by atoms with E-state index >= 15 is 0 Å². The van der Waals surface area contributed by atoms with Gasteiger partial charge in [0.1, 0.15) is 0 Å². The van der Waals surface area contributed by atoms with Gasteiger partial charge in [0.25, 0.3) is 0 Å². The number of nitrogens with two attached hydrogens (primary N) is 1. The molecule has 3 heteroatoms. The van der Waals surface area contributed by atoms with E-state index in [9.17, 15) is 4.79 Å². The van der Waals surface area contributed by atoms with Crippen LogP contribution in [0.2, 0.25) is 0 Å². The molecule has 1 atom stereocenters. The zero-order chi connectivity index (χ0) is 8.15. The van der Waals surface area contributed by atoms with Gasteiger partial charge in [-0.05, 0) is 19.3 Å². The molecule has 0 aliphatic heterocycles. The number of hydrogen-bond acceptors (Lipinski definition) is 1. The van der Waals surface area contributed by atoms with E-state index in [2.05, 4.69) is 19.2 Å². The minimum atomic E-state index is -0.437. The summed E-state index contributed by atoms with van der Waals surface area (Å²) in [5, 5.41) is 2.61. The lowest BCUT2D eigenvalue weighted by molar-refractivity contribution is 0.244. The Morgan fingerprint density at radius 2 is 2.00 bits per heavy atom. The Morgan fingerprint density at radius 3 is 2.30 bits per heavy atom. The lowest BCUT2D eigenvalue weighted by Gasteiger charge is -2.13. The summed E-state index contributed by atoms with van der Waals surface area (Å²) < 4.78 is 0. The van der Waals surface area contributed by atoms with Crippen LogP contribution in [-0.4, -0.2) is 12.1 Å². The van der Waals surface area contributed by atoms with Gasteiger partial charge >= 0.3 is 6.03 Å². The first-order valence-corrected chi connectivity index (χ1v) is 3.58. The van der Waals surface area contributed by atoms with Crippen LogP contribution < -0.4 is 11.1 Å². The highest BCUT2D eigenvalue weighted by atomic mass is 16.2. The molecule has 0 aromatic heterocycles. The number of rotatable bonds is 3.